The Morgan fingerprint density at radius 2 is 1.44 bits per heavy atom. The molecular formula is C17H36O3Si5. The van der Waals surface area contributed by atoms with E-state index in [0.29, 0.717) is 0 Å². The Labute approximate surface area is 162 Å². The van der Waals surface area contributed by atoms with Gasteiger partial charge in [-0.2, -0.15) is 0 Å². The third-order valence-electron chi connectivity index (χ3n) is 3.60. The molecule has 0 heterocycles. The first-order valence-electron chi connectivity index (χ1n) is 9.08. The minimum atomic E-state index is -2.42. The monoisotopic (exact) mass is 428 g/mol. The van der Waals surface area contributed by atoms with Crippen molar-refractivity contribution in [1.29, 1.82) is 0 Å². The minimum absolute atomic E-state index is 1.03. The summed E-state index contributed by atoms with van der Waals surface area (Å²) in [5.74, 6) is 0. The molecule has 1 aromatic rings. The van der Waals surface area contributed by atoms with Gasteiger partial charge in [0.2, 0.25) is 0 Å². The Kier molecular flexibility index (Phi) is 8.47. The van der Waals surface area contributed by atoms with Crippen molar-refractivity contribution in [3.05, 3.63) is 40.7 Å². The van der Waals surface area contributed by atoms with Gasteiger partial charge in [-0.15, -0.1) is 0 Å². The van der Waals surface area contributed by atoms with Gasteiger partial charge >= 0.3 is 8.56 Å². The fourth-order valence-electron chi connectivity index (χ4n) is 2.63. The second-order valence-electron chi connectivity index (χ2n) is 8.84. The van der Waals surface area contributed by atoms with Gasteiger partial charge in [-0.05, 0) is 56.2 Å². The summed E-state index contributed by atoms with van der Waals surface area (Å²) >= 11 is 0. The van der Waals surface area contributed by atoms with Gasteiger partial charge in [0.1, 0.15) is 0 Å². The Bertz CT molecular complexity index is 564. The van der Waals surface area contributed by atoms with Crippen molar-refractivity contribution in [1.82, 2.24) is 0 Å². The molecule has 0 N–H and O–H groups in total. The van der Waals surface area contributed by atoms with Gasteiger partial charge in [0.05, 0.1) is 8.80 Å². The van der Waals surface area contributed by atoms with Crippen molar-refractivity contribution in [3.63, 3.8) is 0 Å². The lowest BCUT2D eigenvalue weighted by Crippen LogP contribution is -2.53. The summed E-state index contributed by atoms with van der Waals surface area (Å²) in [6.45, 7) is 20.4. The highest BCUT2D eigenvalue weighted by Gasteiger charge is 2.41. The summed E-state index contributed by atoms with van der Waals surface area (Å²) in [4.78, 5) is 1.45. The van der Waals surface area contributed by atoms with Gasteiger partial charge < -0.3 is 12.3 Å². The predicted molar refractivity (Wildman–Crippen MR) is 123 cm³/mol. The zero-order valence-corrected chi connectivity index (χ0v) is 23.0. The van der Waals surface area contributed by atoms with Crippen LogP contribution in [0.25, 0.3) is 6.08 Å². The molecule has 1 aromatic carbocycles. The molecule has 8 heteroatoms. The first-order chi connectivity index (χ1) is 11.3. The van der Waals surface area contributed by atoms with E-state index in [1.807, 2.05) is 0 Å². The van der Waals surface area contributed by atoms with Crippen LogP contribution in [0.5, 0.6) is 0 Å². The number of hydrogen-bond donors (Lipinski definition) is 0. The van der Waals surface area contributed by atoms with Gasteiger partial charge in [0, 0.05) is 0 Å². The maximum absolute atomic E-state index is 6.73. The van der Waals surface area contributed by atoms with Crippen molar-refractivity contribution in [2.24, 2.45) is 0 Å². The summed E-state index contributed by atoms with van der Waals surface area (Å²) in [6, 6.07) is 10.6. The fourth-order valence-corrected chi connectivity index (χ4v) is 18.7. The zero-order valence-electron chi connectivity index (χ0n) is 17.5. The van der Waals surface area contributed by atoms with E-state index >= 15 is 0 Å². The molecule has 1 rings (SSSR count). The lowest BCUT2D eigenvalue weighted by Gasteiger charge is -2.38. The van der Waals surface area contributed by atoms with Crippen LogP contribution >= 0.6 is 0 Å². The summed E-state index contributed by atoms with van der Waals surface area (Å²) in [5, 5.41) is 0. The Morgan fingerprint density at radius 3 is 1.88 bits per heavy atom. The van der Waals surface area contributed by atoms with E-state index in [4.69, 9.17) is 12.3 Å². The van der Waals surface area contributed by atoms with Gasteiger partial charge in [-0.25, -0.2) is 0 Å². The maximum atomic E-state index is 6.73. The van der Waals surface area contributed by atoms with Crippen LogP contribution in [0.1, 0.15) is 5.56 Å². The van der Waals surface area contributed by atoms with Crippen LogP contribution in [0.4, 0.5) is 0 Å². The van der Waals surface area contributed by atoms with Crippen molar-refractivity contribution in [2.45, 2.75) is 58.9 Å². The summed E-state index contributed by atoms with van der Waals surface area (Å²) in [5.41, 5.74) is 1.24. The summed E-state index contributed by atoms with van der Waals surface area (Å²) in [6.07, 6.45) is 2.34. The van der Waals surface area contributed by atoms with Gasteiger partial charge in [-0.1, -0.05) is 49.5 Å². The molecule has 0 aliphatic heterocycles. The fraction of sp³-hybridized carbons (Fsp3) is 0.529. The summed E-state index contributed by atoms with van der Waals surface area (Å²) in [7, 11) is -7.79. The zero-order chi connectivity index (χ0) is 19.3. The average Bonchev–Trinajstić information content (AvgIpc) is 2.42. The maximum Gasteiger partial charge on any atom is 0.341 e. The van der Waals surface area contributed by atoms with Crippen molar-refractivity contribution in [2.75, 3.05) is 0 Å². The second kappa shape index (κ2) is 9.22. The molecule has 25 heavy (non-hydrogen) atoms. The predicted octanol–water partition coefficient (Wildman–Crippen LogP) is 4.43. The van der Waals surface area contributed by atoms with E-state index in [1.165, 1.54) is 10.4 Å². The van der Waals surface area contributed by atoms with Gasteiger partial charge in [0.25, 0.3) is 10.0 Å². The highest BCUT2D eigenvalue weighted by molar-refractivity contribution is 6.98. The molecule has 0 aromatic heterocycles. The van der Waals surface area contributed by atoms with Crippen molar-refractivity contribution in [3.8, 4) is 0 Å². The van der Waals surface area contributed by atoms with E-state index in [1.54, 1.807) is 0 Å². The molecule has 3 nitrogen and oxygen atoms in total. The first-order valence-corrected chi connectivity index (χ1v) is 22.2. The van der Waals surface area contributed by atoms with Gasteiger partial charge in [0.15, 0.2) is 16.6 Å². The summed E-state index contributed by atoms with van der Waals surface area (Å²) < 4.78 is 19.4. The molecule has 1 unspecified atom stereocenters. The van der Waals surface area contributed by atoms with E-state index in [0.717, 1.165) is 0 Å². The molecule has 0 saturated heterocycles. The van der Waals surface area contributed by atoms with E-state index in [2.05, 4.69) is 95.3 Å². The van der Waals surface area contributed by atoms with Crippen LogP contribution in [-0.2, 0) is 12.3 Å². The highest BCUT2D eigenvalue weighted by atomic mass is 28.5. The standard InChI is InChI=1S/C17H36O3Si5/c1-22(2)17(15-16-13-11-10-12-14-16)25(9,20-24(6,7)8)19-21-18-23(3,4)5/h10-15,22H,21H2,1-9H3. The topological polar surface area (TPSA) is 27.7 Å². The van der Waals surface area contributed by atoms with E-state index in [9.17, 15) is 0 Å². The largest absolute Gasteiger partial charge is 0.441 e. The molecule has 0 fully saturated rings. The second-order valence-corrected chi connectivity index (χ2v) is 26.6. The first kappa shape index (κ1) is 23.0. The molecule has 142 valence electrons. The molecule has 0 amide bonds. The smallest absolute Gasteiger partial charge is 0.341 e. The highest BCUT2D eigenvalue weighted by Crippen LogP contribution is 2.27. The molecule has 0 radical (unpaired) electrons. The molecule has 0 saturated carbocycles. The third-order valence-corrected chi connectivity index (χ3v) is 20.1. The number of rotatable bonds is 9. The van der Waals surface area contributed by atoms with Crippen LogP contribution in [-0.4, -0.2) is 44.0 Å². The Balaban J connectivity index is 3.18. The SMILES string of the molecule is C[SiH](C)C(=Cc1ccccc1)[Si](C)(O[SiH2]O[Si](C)(C)C)O[Si](C)(C)C. The lowest BCUT2D eigenvalue weighted by molar-refractivity contribution is 0.373. The Morgan fingerprint density at radius 1 is 0.880 bits per heavy atom. The lowest BCUT2D eigenvalue weighted by atomic mass is 10.2. The quantitative estimate of drug-likeness (QED) is 0.545. The average molecular weight is 429 g/mol. The number of hydrogen-bond acceptors (Lipinski definition) is 3. The van der Waals surface area contributed by atoms with Crippen LogP contribution in [0.2, 0.25) is 58.9 Å². The normalized spacial score (nSPS) is 16.6. The van der Waals surface area contributed by atoms with Crippen LogP contribution in [0, 0.1) is 0 Å². The van der Waals surface area contributed by atoms with Crippen molar-refractivity contribution < 1.29 is 12.3 Å². The Hall–Kier alpha value is -0.0756. The van der Waals surface area contributed by atoms with E-state index in [-0.39, 0.29) is 0 Å². The molecule has 1 atom stereocenters. The molecule has 0 aliphatic carbocycles. The molecule has 0 spiro atoms. The van der Waals surface area contributed by atoms with Gasteiger partial charge in [-0.3, -0.25) is 0 Å². The minimum Gasteiger partial charge on any atom is -0.441 e. The number of benzene rings is 1. The third kappa shape index (κ3) is 8.91. The van der Waals surface area contributed by atoms with E-state index < -0.39 is 44.0 Å². The molecular weight excluding hydrogens is 393 g/mol. The van der Waals surface area contributed by atoms with Crippen LogP contribution in [0.15, 0.2) is 35.2 Å². The van der Waals surface area contributed by atoms with Crippen LogP contribution < -0.4 is 0 Å². The van der Waals surface area contributed by atoms with Crippen molar-refractivity contribution >= 4 is 50.1 Å². The molecule has 0 bridgehead atoms. The molecule has 0 aliphatic rings. The van der Waals surface area contributed by atoms with Crippen LogP contribution in [0.3, 0.4) is 0 Å².